The van der Waals surface area contributed by atoms with Gasteiger partial charge in [0.15, 0.2) is 6.61 Å². The van der Waals surface area contributed by atoms with Crippen molar-refractivity contribution in [1.82, 2.24) is 9.47 Å². The van der Waals surface area contributed by atoms with E-state index in [4.69, 9.17) is 4.74 Å². The summed E-state index contributed by atoms with van der Waals surface area (Å²) in [7, 11) is 0. The zero-order valence-electron chi connectivity index (χ0n) is 16.1. The number of hydrogen-bond acceptors (Lipinski definition) is 5. The predicted molar refractivity (Wildman–Crippen MR) is 101 cm³/mol. The minimum absolute atomic E-state index is 0.325. The van der Waals surface area contributed by atoms with Gasteiger partial charge in [-0.15, -0.1) is 6.58 Å². The molecule has 1 aliphatic heterocycles. The van der Waals surface area contributed by atoms with Gasteiger partial charge in [0.2, 0.25) is 17.6 Å². The number of amides is 2. The second-order valence-electron chi connectivity index (χ2n) is 7.19. The number of fused-ring (bicyclic) bond motifs is 1. The van der Waals surface area contributed by atoms with Crippen LogP contribution in [0.15, 0.2) is 30.9 Å². The van der Waals surface area contributed by atoms with Crippen LogP contribution in [0.1, 0.15) is 34.6 Å². The molecule has 3 rings (SSSR count). The van der Waals surface area contributed by atoms with Gasteiger partial charge in [0.05, 0.1) is 11.8 Å². The van der Waals surface area contributed by atoms with Crippen LogP contribution in [0.3, 0.4) is 0 Å². The number of Topliss-reactive ketones (excluding diaryl/α,β-unsaturated/α-hetero) is 1. The maximum absolute atomic E-state index is 12.4. The lowest BCUT2D eigenvalue weighted by atomic mass is 9.85. The van der Waals surface area contributed by atoms with Crippen molar-refractivity contribution in [3.8, 4) is 0 Å². The van der Waals surface area contributed by atoms with Gasteiger partial charge in [-0.25, -0.2) is 0 Å². The summed E-state index contributed by atoms with van der Waals surface area (Å²) in [6.45, 7) is 7.12. The van der Waals surface area contributed by atoms with E-state index in [1.165, 1.54) is 0 Å². The van der Waals surface area contributed by atoms with E-state index in [-0.39, 0.29) is 29.4 Å². The number of carbonyl (C=O) groups is 4. The van der Waals surface area contributed by atoms with Gasteiger partial charge in [-0.2, -0.15) is 0 Å². The Balaban J connectivity index is 1.58. The second kappa shape index (κ2) is 7.96. The Bertz CT molecular complexity index is 854. The summed E-state index contributed by atoms with van der Waals surface area (Å²) in [5, 5.41) is 0. The summed E-state index contributed by atoms with van der Waals surface area (Å²) in [5.41, 5.74) is 2.18. The molecule has 7 nitrogen and oxygen atoms in total. The van der Waals surface area contributed by atoms with Gasteiger partial charge in [-0.1, -0.05) is 18.2 Å². The molecular formula is C21H24N2O5. The van der Waals surface area contributed by atoms with Crippen LogP contribution < -0.4 is 0 Å². The summed E-state index contributed by atoms with van der Waals surface area (Å²) >= 11 is 0. The number of aromatic nitrogens is 1. The van der Waals surface area contributed by atoms with E-state index in [9.17, 15) is 19.2 Å². The van der Waals surface area contributed by atoms with Crippen LogP contribution in [-0.4, -0.2) is 46.2 Å². The lowest BCUT2D eigenvalue weighted by Gasteiger charge is -2.14. The molecule has 1 saturated heterocycles. The standard InChI is InChI=1S/C21H24N2O5/c1-4-9-22-13(2)10-17(14(22)3)18(24)12-28-19(25)11-23-20(26)15-7-5-6-8-16(15)21(23)27/h4-6,10,15-16H,1,7-9,11-12H2,2-3H3/t15-,16-/m0/s1. The summed E-state index contributed by atoms with van der Waals surface area (Å²) in [6.07, 6.45) is 6.54. The molecule has 148 valence electrons. The van der Waals surface area contributed by atoms with E-state index >= 15 is 0 Å². The molecule has 7 heteroatoms. The Morgan fingerprint density at radius 2 is 1.79 bits per heavy atom. The fraction of sp³-hybridized carbons (Fsp3) is 0.429. The first-order valence-corrected chi connectivity index (χ1v) is 9.31. The van der Waals surface area contributed by atoms with Crippen LogP contribution in [0.4, 0.5) is 0 Å². The highest BCUT2D eigenvalue weighted by molar-refractivity contribution is 6.07. The maximum atomic E-state index is 12.4. The van der Waals surface area contributed by atoms with Gasteiger partial charge < -0.3 is 9.30 Å². The topological polar surface area (TPSA) is 85.7 Å². The van der Waals surface area contributed by atoms with Gasteiger partial charge in [-0.3, -0.25) is 24.1 Å². The number of aryl methyl sites for hydroxylation is 1. The first-order chi connectivity index (χ1) is 13.3. The molecule has 0 aromatic carbocycles. The average molecular weight is 384 g/mol. The average Bonchev–Trinajstić information content (AvgIpc) is 3.10. The second-order valence-corrected chi connectivity index (χ2v) is 7.19. The summed E-state index contributed by atoms with van der Waals surface area (Å²) in [6, 6.07) is 1.75. The number of nitrogens with zero attached hydrogens (tertiary/aromatic N) is 2. The van der Waals surface area contributed by atoms with Gasteiger partial charge >= 0.3 is 5.97 Å². The van der Waals surface area contributed by atoms with Crippen LogP contribution in [0.2, 0.25) is 0 Å². The molecule has 0 saturated carbocycles. The van der Waals surface area contributed by atoms with Crippen LogP contribution in [0.5, 0.6) is 0 Å². The van der Waals surface area contributed by atoms with E-state index in [1.54, 1.807) is 12.1 Å². The van der Waals surface area contributed by atoms with Crippen LogP contribution in [0, 0.1) is 25.7 Å². The lowest BCUT2D eigenvalue weighted by molar-refractivity contribution is -0.152. The number of ketones is 1. The largest absolute Gasteiger partial charge is 0.456 e. The normalized spacial score (nSPS) is 21.0. The molecule has 2 aliphatic rings. The fourth-order valence-corrected chi connectivity index (χ4v) is 3.92. The Morgan fingerprint density at radius 1 is 1.18 bits per heavy atom. The number of rotatable bonds is 7. The summed E-state index contributed by atoms with van der Waals surface area (Å²) < 4.78 is 7.00. The number of imide groups is 1. The van der Waals surface area contributed by atoms with E-state index in [1.807, 2.05) is 30.6 Å². The van der Waals surface area contributed by atoms with Crippen molar-refractivity contribution in [1.29, 1.82) is 0 Å². The van der Waals surface area contributed by atoms with E-state index in [0.29, 0.717) is 24.9 Å². The molecule has 2 atom stereocenters. The molecule has 0 unspecified atom stereocenters. The summed E-state index contributed by atoms with van der Waals surface area (Å²) in [5.74, 6) is -2.54. The fourth-order valence-electron chi connectivity index (χ4n) is 3.92. The number of allylic oxidation sites excluding steroid dienone is 3. The van der Waals surface area contributed by atoms with E-state index < -0.39 is 19.1 Å². The minimum Gasteiger partial charge on any atom is -0.456 e. The quantitative estimate of drug-likeness (QED) is 0.311. The smallest absolute Gasteiger partial charge is 0.326 e. The molecule has 2 heterocycles. The number of likely N-dealkylation sites (tertiary alicyclic amines) is 1. The Hall–Kier alpha value is -2.96. The third-order valence-corrected chi connectivity index (χ3v) is 5.44. The third-order valence-electron chi connectivity index (χ3n) is 5.44. The van der Waals surface area contributed by atoms with E-state index in [2.05, 4.69) is 6.58 Å². The molecule has 0 radical (unpaired) electrons. The van der Waals surface area contributed by atoms with Gasteiger partial charge in [0.25, 0.3) is 0 Å². The summed E-state index contributed by atoms with van der Waals surface area (Å²) in [4.78, 5) is 50.3. The highest BCUT2D eigenvalue weighted by Gasteiger charge is 2.47. The molecule has 0 spiro atoms. The van der Waals surface area contributed by atoms with Crippen molar-refractivity contribution in [2.75, 3.05) is 13.2 Å². The van der Waals surface area contributed by atoms with Crippen LogP contribution in [-0.2, 0) is 25.7 Å². The molecule has 0 bridgehead atoms. The van der Waals surface area contributed by atoms with Gasteiger partial charge in [-0.05, 0) is 32.8 Å². The van der Waals surface area contributed by atoms with Crippen molar-refractivity contribution in [2.24, 2.45) is 11.8 Å². The Morgan fingerprint density at radius 3 is 2.36 bits per heavy atom. The van der Waals surface area contributed by atoms with E-state index in [0.717, 1.165) is 16.3 Å². The molecular weight excluding hydrogens is 360 g/mol. The highest BCUT2D eigenvalue weighted by atomic mass is 16.5. The predicted octanol–water partition coefficient (Wildman–Crippen LogP) is 1.97. The Kier molecular flexibility index (Phi) is 5.63. The molecule has 28 heavy (non-hydrogen) atoms. The molecule has 1 aliphatic carbocycles. The first kappa shape index (κ1) is 19.8. The van der Waals surface area contributed by atoms with Crippen molar-refractivity contribution in [3.63, 3.8) is 0 Å². The highest BCUT2D eigenvalue weighted by Crippen LogP contribution is 2.34. The molecule has 1 fully saturated rings. The molecule has 0 N–H and O–H groups in total. The third kappa shape index (κ3) is 3.56. The number of esters is 1. The van der Waals surface area contributed by atoms with Crippen LogP contribution >= 0.6 is 0 Å². The lowest BCUT2D eigenvalue weighted by Crippen LogP contribution is -2.37. The molecule has 1 aromatic rings. The number of carbonyl (C=O) groups excluding carboxylic acids is 4. The zero-order chi connectivity index (χ0) is 20.4. The molecule has 2 amide bonds. The van der Waals surface area contributed by atoms with Crippen molar-refractivity contribution in [2.45, 2.75) is 33.2 Å². The Labute approximate surface area is 163 Å². The number of ether oxygens (including phenoxy) is 1. The minimum atomic E-state index is -0.762. The number of hydrogen-bond donors (Lipinski definition) is 0. The van der Waals surface area contributed by atoms with Crippen molar-refractivity contribution < 1.29 is 23.9 Å². The van der Waals surface area contributed by atoms with Gasteiger partial charge in [0.1, 0.15) is 6.54 Å². The monoisotopic (exact) mass is 384 g/mol. The van der Waals surface area contributed by atoms with Gasteiger partial charge in [0, 0.05) is 23.5 Å². The SMILES string of the molecule is C=CCn1c(C)cc(C(=O)COC(=O)CN2C(=O)[C@H]3CC=CC[C@@H]3C2=O)c1C. The maximum Gasteiger partial charge on any atom is 0.326 e. The van der Waals surface area contributed by atoms with Crippen molar-refractivity contribution >= 4 is 23.6 Å². The van der Waals surface area contributed by atoms with Crippen LogP contribution in [0.25, 0.3) is 0 Å². The van der Waals surface area contributed by atoms with Crippen molar-refractivity contribution in [3.05, 3.63) is 47.8 Å². The first-order valence-electron chi connectivity index (χ1n) is 9.31. The molecule has 1 aromatic heterocycles. The zero-order valence-corrected chi connectivity index (χ0v) is 16.1.